The van der Waals surface area contributed by atoms with Crippen LogP contribution in [0.5, 0.6) is 0 Å². The average molecular weight is 366 g/mol. The largest absolute Gasteiger partial charge is 0.352 e. The SMILES string of the molecule is O=C(NCC[C@@H]1CN(Cc2ccsc2)Cc2ccnn21)c1ccccc1. The Morgan fingerprint density at radius 1 is 1.23 bits per heavy atom. The van der Waals surface area contributed by atoms with Gasteiger partial charge < -0.3 is 5.32 Å². The number of hydrogen-bond donors (Lipinski definition) is 1. The van der Waals surface area contributed by atoms with Crippen molar-refractivity contribution in [2.45, 2.75) is 25.6 Å². The molecule has 5 nitrogen and oxygen atoms in total. The summed E-state index contributed by atoms with van der Waals surface area (Å²) in [5, 5.41) is 11.9. The third-order valence-electron chi connectivity index (χ3n) is 4.74. The van der Waals surface area contributed by atoms with Crippen molar-refractivity contribution in [1.82, 2.24) is 20.0 Å². The number of carbonyl (C=O) groups excluding carboxylic acids is 1. The van der Waals surface area contributed by atoms with Gasteiger partial charge in [0.2, 0.25) is 0 Å². The molecule has 1 aliphatic heterocycles. The molecule has 2 aromatic heterocycles. The first-order valence-corrected chi connectivity index (χ1v) is 9.83. The van der Waals surface area contributed by atoms with Gasteiger partial charge in [0.1, 0.15) is 0 Å². The van der Waals surface area contributed by atoms with Gasteiger partial charge in [0.25, 0.3) is 5.91 Å². The van der Waals surface area contributed by atoms with E-state index in [-0.39, 0.29) is 11.9 Å². The average Bonchev–Trinajstić information content (AvgIpc) is 3.34. The number of amides is 1. The molecule has 0 bridgehead atoms. The highest BCUT2D eigenvalue weighted by molar-refractivity contribution is 7.07. The fraction of sp³-hybridized carbons (Fsp3) is 0.300. The minimum atomic E-state index is -0.0165. The van der Waals surface area contributed by atoms with Crippen molar-refractivity contribution in [2.24, 2.45) is 0 Å². The second-order valence-corrected chi connectivity index (χ2v) is 7.41. The van der Waals surface area contributed by atoms with Crippen molar-refractivity contribution in [2.75, 3.05) is 13.1 Å². The summed E-state index contributed by atoms with van der Waals surface area (Å²) in [7, 11) is 0. The smallest absolute Gasteiger partial charge is 0.251 e. The monoisotopic (exact) mass is 366 g/mol. The van der Waals surface area contributed by atoms with Crippen LogP contribution in [0, 0.1) is 0 Å². The number of carbonyl (C=O) groups is 1. The van der Waals surface area contributed by atoms with Gasteiger partial charge in [-0.05, 0) is 47.0 Å². The van der Waals surface area contributed by atoms with Crippen LogP contribution in [0.4, 0.5) is 0 Å². The molecule has 3 aromatic rings. The molecule has 0 saturated carbocycles. The van der Waals surface area contributed by atoms with Gasteiger partial charge in [-0.1, -0.05) is 18.2 Å². The lowest BCUT2D eigenvalue weighted by molar-refractivity contribution is 0.0947. The van der Waals surface area contributed by atoms with Crippen LogP contribution in [-0.2, 0) is 13.1 Å². The highest BCUT2D eigenvalue weighted by atomic mass is 32.1. The van der Waals surface area contributed by atoms with Gasteiger partial charge in [0.05, 0.1) is 11.7 Å². The summed E-state index contributed by atoms with van der Waals surface area (Å²) in [5.74, 6) is -0.0165. The van der Waals surface area contributed by atoms with Gasteiger partial charge in [0, 0.05) is 37.9 Å². The standard InChI is InChI=1S/C20H22N4OS/c25-20(17-4-2-1-3-5-17)21-9-6-18-13-23(12-16-8-11-26-15-16)14-19-7-10-22-24(18)19/h1-5,7-8,10-11,15,18H,6,9,12-14H2,(H,21,25)/t18-/m1/s1. The lowest BCUT2D eigenvalue weighted by Crippen LogP contribution is -2.38. The maximum absolute atomic E-state index is 12.2. The van der Waals surface area contributed by atoms with Gasteiger partial charge >= 0.3 is 0 Å². The number of aromatic nitrogens is 2. The minimum Gasteiger partial charge on any atom is -0.352 e. The molecular weight excluding hydrogens is 344 g/mol. The summed E-state index contributed by atoms with van der Waals surface area (Å²) in [5.41, 5.74) is 3.31. The lowest BCUT2D eigenvalue weighted by atomic mass is 10.1. The summed E-state index contributed by atoms with van der Waals surface area (Å²) < 4.78 is 2.12. The Morgan fingerprint density at radius 3 is 2.92 bits per heavy atom. The van der Waals surface area contributed by atoms with Crippen molar-refractivity contribution in [3.05, 3.63) is 76.2 Å². The van der Waals surface area contributed by atoms with E-state index in [4.69, 9.17) is 0 Å². The molecule has 6 heteroatoms. The van der Waals surface area contributed by atoms with E-state index in [1.54, 1.807) is 11.3 Å². The Labute approximate surface area is 157 Å². The molecule has 134 valence electrons. The zero-order chi connectivity index (χ0) is 17.8. The van der Waals surface area contributed by atoms with Gasteiger partial charge in [-0.15, -0.1) is 0 Å². The first kappa shape index (κ1) is 17.0. The third-order valence-corrected chi connectivity index (χ3v) is 5.47. The molecule has 1 atom stereocenters. The zero-order valence-electron chi connectivity index (χ0n) is 14.5. The van der Waals surface area contributed by atoms with Gasteiger partial charge in [0.15, 0.2) is 0 Å². The third kappa shape index (κ3) is 3.86. The highest BCUT2D eigenvalue weighted by Crippen LogP contribution is 2.24. The van der Waals surface area contributed by atoms with Gasteiger partial charge in [-0.25, -0.2) is 0 Å². The number of hydrogen-bond acceptors (Lipinski definition) is 4. The van der Waals surface area contributed by atoms with Crippen LogP contribution < -0.4 is 5.32 Å². The van der Waals surface area contributed by atoms with E-state index in [2.05, 4.69) is 42.9 Å². The van der Waals surface area contributed by atoms with E-state index in [9.17, 15) is 4.79 Å². The van der Waals surface area contributed by atoms with E-state index < -0.39 is 0 Å². The molecule has 0 saturated heterocycles. The highest BCUT2D eigenvalue weighted by Gasteiger charge is 2.25. The Balaban J connectivity index is 1.37. The number of nitrogens with one attached hydrogen (secondary N) is 1. The molecular formula is C20H22N4OS. The van der Waals surface area contributed by atoms with Crippen molar-refractivity contribution in [3.63, 3.8) is 0 Å². The fourth-order valence-electron chi connectivity index (χ4n) is 3.48. The molecule has 1 aliphatic rings. The van der Waals surface area contributed by atoms with E-state index >= 15 is 0 Å². The van der Waals surface area contributed by atoms with E-state index in [1.165, 1.54) is 11.3 Å². The minimum absolute atomic E-state index is 0.0165. The molecule has 0 aliphatic carbocycles. The molecule has 26 heavy (non-hydrogen) atoms. The first-order valence-electron chi connectivity index (χ1n) is 8.88. The van der Waals surface area contributed by atoms with Crippen molar-refractivity contribution in [1.29, 1.82) is 0 Å². The Bertz CT molecular complexity index is 844. The Morgan fingerprint density at radius 2 is 2.12 bits per heavy atom. The molecule has 0 fully saturated rings. The van der Waals surface area contributed by atoms with Gasteiger partial charge in [-0.3, -0.25) is 14.4 Å². The summed E-state index contributed by atoms with van der Waals surface area (Å²) >= 11 is 1.74. The lowest BCUT2D eigenvalue weighted by Gasteiger charge is -2.33. The second kappa shape index (κ2) is 7.85. The summed E-state index contributed by atoms with van der Waals surface area (Å²) in [6.07, 6.45) is 2.74. The molecule has 1 aromatic carbocycles. The van der Waals surface area contributed by atoms with Crippen molar-refractivity contribution < 1.29 is 4.79 Å². The second-order valence-electron chi connectivity index (χ2n) is 6.63. The van der Waals surface area contributed by atoms with E-state index in [0.29, 0.717) is 12.1 Å². The van der Waals surface area contributed by atoms with Crippen molar-refractivity contribution in [3.8, 4) is 0 Å². The molecule has 3 heterocycles. The topological polar surface area (TPSA) is 50.2 Å². The van der Waals surface area contributed by atoms with Crippen LogP contribution in [0.1, 0.15) is 34.1 Å². The summed E-state index contributed by atoms with van der Waals surface area (Å²) in [4.78, 5) is 14.7. The van der Waals surface area contributed by atoms with Crippen LogP contribution in [0.3, 0.4) is 0 Å². The summed E-state index contributed by atoms with van der Waals surface area (Å²) in [6.45, 7) is 3.47. The number of thiophene rings is 1. The Hall–Kier alpha value is -2.44. The van der Waals surface area contributed by atoms with Crippen LogP contribution in [0.25, 0.3) is 0 Å². The maximum atomic E-state index is 12.2. The Kier molecular flexibility index (Phi) is 5.13. The van der Waals surface area contributed by atoms with E-state index in [0.717, 1.165) is 26.1 Å². The van der Waals surface area contributed by atoms with E-state index in [1.807, 2.05) is 36.5 Å². The zero-order valence-corrected chi connectivity index (χ0v) is 15.4. The molecule has 0 spiro atoms. The molecule has 1 N–H and O–H groups in total. The predicted octanol–water partition coefficient (Wildman–Crippen LogP) is 3.32. The number of benzene rings is 1. The maximum Gasteiger partial charge on any atom is 0.251 e. The molecule has 1 amide bonds. The van der Waals surface area contributed by atoms with Crippen LogP contribution in [0.2, 0.25) is 0 Å². The van der Waals surface area contributed by atoms with Crippen LogP contribution in [-0.4, -0.2) is 33.7 Å². The quantitative estimate of drug-likeness (QED) is 0.728. The van der Waals surface area contributed by atoms with Crippen LogP contribution >= 0.6 is 11.3 Å². The fourth-order valence-corrected chi connectivity index (χ4v) is 4.14. The van der Waals surface area contributed by atoms with Gasteiger partial charge in [-0.2, -0.15) is 16.4 Å². The number of nitrogens with zero attached hydrogens (tertiary/aromatic N) is 3. The number of fused-ring (bicyclic) bond motifs is 1. The number of rotatable bonds is 6. The molecule has 0 radical (unpaired) electrons. The first-order chi connectivity index (χ1) is 12.8. The molecule has 4 rings (SSSR count). The van der Waals surface area contributed by atoms with Crippen LogP contribution in [0.15, 0.2) is 59.4 Å². The summed E-state index contributed by atoms with van der Waals surface area (Å²) in [6, 6.07) is 13.9. The van der Waals surface area contributed by atoms with Crippen molar-refractivity contribution >= 4 is 17.2 Å². The predicted molar refractivity (Wildman–Crippen MR) is 103 cm³/mol. The normalized spacial score (nSPS) is 17.0. The molecule has 0 unspecified atom stereocenters.